The SMILES string of the molecule is CCCC(c1nc2cc(F)c(Cl)cc2c(=O)n1CC)N1CCN[C@@H](C)C1. The van der Waals surface area contributed by atoms with Crippen molar-refractivity contribution in [2.24, 2.45) is 0 Å². The topological polar surface area (TPSA) is 50.2 Å². The van der Waals surface area contributed by atoms with E-state index in [9.17, 15) is 9.18 Å². The van der Waals surface area contributed by atoms with Crippen LogP contribution >= 0.6 is 11.6 Å². The third-order valence-corrected chi connectivity index (χ3v) is 5.33. The molecule has 0 aliphatic carbocycles. The number of nitrogens with zero attached hydrogens (tertiary/aromatic N) is 3. The van der Waals surface area contributed by atoms with Gasteiger partial charge < -0.3 is 5.32 Å². The van der Waals surface area contributed by atoms with Gasteiger partial charge in [0.25, 0.3) is 5.56 Å². The van der Waals surface area contributed by atoms with E-state index in [0.717, 1.165) is 38.3 Å². The first-order valence-electron chi connectivity index (χ1n) is 9.33. The van der Waals surface area contributed by atoms with Crippen molar-refractivity contribution in [2.75, 3.05) is 19.6 Å². The van der Waals surface area contributed by atoms with Gasteiger partial charge in [0.1, 0.15) is 11.6 Å². The normalized spacial score (nSPS) is 19.8. The van der Waals surface area contributed by atoms with Gasteiger partial charge in [0.2, 0.25) is 0 Å². The lowest BCUT2D eigenvalue weighted by molar-refractivity contribution is 0.132. The molecule has 2 aromatic rings. The number of hydrogen-bond donors (Lipinski definition) is 1. The molecule has 142 valence electrons. The van der Waals surface area contributed by atoms with Gasteiger partial charge in [0, 0.05) is 38.3 Å². The molecular weight excluding hydrogens is 355 g/mol. The first-order chi connectivity index (χ1) is 12.5. The van der Waals surface area contributed by atoms with Crippen LogP contribution in [0.15, 0.2) is 16.9 Å². The van der Waals surface area contributed by atoms with E-state index in [1.807, 2.05) is 6.92 Å². The number of benzene rings is 1. The van der Waals surface area contributed by atoms with Crippen molar-refractivity contribution in [1.29, 1.82) is 0 Å². The molecule has 0 bridgehead atoms. The van der Waals surface area contributed by atoms with E-state index in [0.29, 0.717) is 23.5 Å². The Kier molecular flexibility index (Phi) is 5.95. The van der Waals surface area contributed by atoms with Crippen LogP contribution in [0, 0.1) is 5.82 Å². The fourth-order valence-electron chi connectivity index (χ4n) is 3.79. The van der Waals surface area contributed by atoms with Crippen molar-refractivity contribution < 1.29 is 4.39 Å². The van der Waals surface area contributed by atoms with Crippen LogP contribution in [0.2, 0.25) is 5.02 Å². The maximum absolute atomic E-state index is 14.0. The Labute approximate surface area is 158 Å². The first-order valence-corrected chi connectivity index (χ1v) is 9.71. The number of rotatable bonds is 5. The van der Waals surface area contributed by atoms with Crippen LogP contribution < -0.4 is 10.9 Å². The van der Waals surface area contributed by atoms with E-state index in [1.54, 1.807) is 4.57 Å². The summed E-state index contributed by atoms with van der Waals surface area (Å²) < 4.78 is 15.7. The van der Waals surface area contributed by atoms with Crippen molar-refractivity contribution >= 4 is 22.5 Å². The second kappa shape index (κ2) is 8.03. The Morgan fingerprint density at radius 3 is 2.85 bits per heavy atom. The van der Waals surface area contributed by atoms with Gasteiger partial charge >= 0.3 is 0 Å². The summed E-state index contributed by atoms with van der Waals surface area (Å²) in [4.78, 5) is 20.1. The van der Waals surface area contributed by atoms with Gasteiger partial charge in [-0.2, -0.15) is 0 Å². The molecular formula is C19H26ClFN4O. The van der Waals surface area contributed by atoms with Crippen LogP contribution in [-0.4, -0.2) is 40.1 Å². The molecule has 2 heterocycles. The minimum absolute atomic E-state index is 0.0420. The van der Waals surface area contributed by atoms with Crippen LogP contribution in [0.1, 0.15) is 45.5 Å². The lowest BCUT2D eigenvalue weighted by atomic mass is 10.1. The molecule has 1 aliphatic rings. The number of piperazine rings is 1. The van der Waals surface area contributed by atoms with Crippen molar-refractivity contribution in [1.82, 2.24) is 19.8 Å². The lowest BCUT2D eigenvalue weighted by Gasteiger charge is -2.38. The molecule has 1 aliphatic heterocycles. The molecule has 1 aromatic heterocycles. The Morgan fingerprint density at radius 1 is 1.42 bits per heavy atom. The lowest BCUT2D eigenvalue weighted by Crippen LogP contribution is -2.51. The number of nitrogens with one attached hydrogen (secondary N) is 1. The summed E-state index contributed by atoms with van der Waals surface area (Å²) in [5, 5.41) is 3.77. The number of aromatic nitrogens is 2. The molecule has 1 fully saturated rings. The molecule has 2 atom stereocenters. The smallest absolute Gasteiger partial charge is 0.261 e. The van der Waals surface area contributed by atoms with Gasteiger partial charge in [-0.15, -0.1) is 0 Å². The fraction of sp³-hybridized carbons (Fsp3) is 0.579. The molecule has 0 radical (unpaired) electrons. The second-order valence-corrected chi connectivity index (χ2v) is 7.36. The molecule has 5 nitrogen and oxygen atoms in total. The number of hydrogen-bond acceptors (Lipinski definition) is 4. The number of halogens is 2. The zero-order chi connectivity index (χ0) is 18.8. The van der Waals surface area contributed by atoms with Gasteiger partial charge in [-0.25, -0.2) is 9.37 Å². The largest absolute Gasteiger partial charge is 0.312 e. The van der Waals surface area contributed by atoms with Crippen LogP contribution in [0.25, 0.3) is 10.9 Å². The van der Waals surface area contributed by atoms with Crippen molar-refractivity contribution in [3.8, 4) is 0 Å². The average molecular weight is 381 g/mol. The second-order valence-electron chi connectivity index (χ2n) is 6.96. The van der Waals surface area contributed by atoms with E-state index >= 15 is 0 Å². The average Bonchev–Trinajstić information content (AvgIpc) is 2.61. The highest BCUT2D eigenvalue weighted by atomic mass is 35.5. The van der Waals surface area contributed by atoms with E-state index in [4.69, 9.17) is 16.6 Å². The third-order valence-electron chi connectivity index (χ3n) is 5.04. The molecule has 3 rings (SSSR count). The predicted octanol–water partition coefficient (Wildman–Crippen LogP) is 3.34. The van der Waals surface area contributed by atoms with E-state index in [-0.39, 0.29) is 16.6 Å². The van der Waals surface area contributed by atoms with Gasteiger partial charge in [0.15, 0.2) is 0 Å². The quantitative estimate of drug-likeness (QED) is 0.864. The first kappa shape index (κ1) is 19.3. The van der Waals surface area contributed by atoms with E-state index in [1.165, 1.54) is 12.1 Å². The molecule has 1 saturated heterocycles. The van der Waals surface area contributed by atoms with Gasteiger partial charge in [0.05, 0.1) is 22.0 Å². The minimum Gasteiger partial charge on any atom is -0.312 e. The molecule has 1 unspecified atom stereocenters. The summed E-state index contributed by atoms with van der Waals surface area (Å²) in [7, 11) is 0. The Bertz CT molecular complexity index is 854. The molecule has 0 saturated carbocycles. The van der Waals surface area contributed by atoms with E-state index in [2.05, 4.69) is 24.1 Å². The van der Waals surface area contributed by atoms with Gasteiger partial charge in [-0.1, -0.05) is 24.9 Å². The zero-order valence-electron chi connectivity index (χ0n) is 15.6. The summed E-state index contributed by atoms with van der Waals surface area (Å²) in [5.74, 6) is 0.178. The standard InChI is InChI=1S/C19H26ClFN4O/c1-4-6-17(24-8-7-22-12(3)11-24)18-23-16-10-15(21)14(20)9-13(16)19(26)25(18)5-2/h9-10,12,17,22H,4-8,11H2,1-3H3/t12-,17?/m0/s1. The highest BCUT2D eigenvalue weighted by Crippen LogP contribution is 2.27. The zero-order valence-corrected chi connectivity index (χ0v) is 16.3. The summed E-state index contributed by atoms with van der Waals surface area (Å²) in [6.07, 6.45) is 1.89. The van der Waals surface area contributed by atoms with Crippen LogP contribution in [-0.2, 0) is 6.54 Å². The van der Waals surface area contributed by atoms with Gasteiger partial charge in [-0.05, 0) is 26.3 Å². The Morgan fingerprint density at radius 2 is 2.19 bits per heavy atom. The molecule has 26 heavy (non-hydrogen) atoms. The van der Waals surface area contributed by atoms with Crippen molar-refractivity contribution in [2.45, 2.75) is 52.2 Å². The monoisotopic (exact) mass is 380 g/mol. The molecule has 1 aromatic carbocycles. The molecule has 0 amide bonds. The predicted molar refractivity (Wildman–Crippen MR) is 103 cm³/mol. The van der Waals surface area contributed by atoms with Crippen LogP contribution in [0.4, 0.5) is 4.39 Å². The van der Waals surface area contributed by atoms with Crippen molar-refractivity contribution in [3.05, 3.63) is 39.2 Å². The third kappa shape index (κ3) is 3.63. The highest BCUT2D eigenvalue weighted by molar-refractivity contribution is 6.31. The summed E-state index contributed by atoms with van der Waals surface area (Å²) in [6.45, 7) is 9.47. The highest BCUT2D eigenvalue weighted by Gasteiger charge is 2.28. The maximum Gasteiger partial charge on any atom is 0.261 e. The molecule has 1 N–H and O–H groups in total. The minimum atomic E-state index is -0.547. The summed E-state index contributed by atoms with van der Waals surface area (Å²) in [5.41, 5.74) is 0.222. The Hall–Kier alpha value is -1.50. The van der Waals surface area contributed by atoms with Crippen LogP contribution in [0.5, 0.6) is 0 Å². The summed E-state index contributed by atoms with van der Waals surface area (Å²) >= 11 is 5.88. The Balaban J connectivity index is 2.16. The van der Waals surface area contributed by atoms with E-state index < -0.39 is 5.82 Å². The van der Waals surface area contributed by atoms with Gasteiger partial charge in [-0.3, -0.25) is 14.3 Å². The van der Waals surface area contributed by atoms with Crippen molar-refractivity contribution in [3.63, 3.8) is 0 Å². The number of fused-ring (bicyclic) bond motifs is 1. The molecule has 7 heteroatoms. The fourth-order valence-corrected chi connectivity index (χ4v) is 3.95. The van der Waals surface area contributed by atoms with Crippen LogP contribution in [0.3, 0.4) is 0 Å². The summed E-state index contributed by atoms with van der Waals surface area (Å²) in [6, 6.07) is 3.09. The molecule has 0 spiro atoms. The maximum atomic E-state index is 14.0.